The van der Waals surface area contributed by atoms with Crippen LogP contribution in [0.4, 0.5) is 10.2 Å². The van der Waals surface area contributed by atoms with E-state index in [1.165, 1.54) is 16.6 Å². The fraction of sp³-hybridized carbons (Fsp3) is 0.360. The van der Waals surface area contributed by atoms with E-state index < -0.39 is 0 Å². The zero-order valence-electron chi connectivity index (χ0n) is 18.0. The van der Waals surface area contributed by atoms with Crippen molar-refractivity contribution in [1.29, 1.82) is 0 Å². The van der Waals surface area contributed by atoms with Crippen molar-refractivity contribution in [1.82, 2.24) is 24.6 Å². The molecule has 0 unspecified atom stereocenters. The van der Waals surface area contributed by atoms with Gasteiger partial charge in [-0.05, 0) is 41.1 Å². The molecule has 6 heteroatoms. The highest BCUT2D eigenvalue weighted by Gasteiger charge is 2.43. The van der Waals surface area contributed by atoms with Gasteiger partial charge in [0, 0.05) is 30.6 Å². The Bertz CT molecular complexity index is 1270. The van der Waals surface area contributed by atoms with Gasteiger partial charge in [0.1, 0.15) is 5.82 Å². The quantitative estimate of drug-likeness (QED) is 0.494. The molecule has 0 amide bonds. The largest absolute Gasteiger partial charge is 0.287 e. The highest BCUT2D eigenvalue weighted by molar-refractivity contribution is 6.08. The average Bonchev–Trinajstić information content (AvgIpc) is 3.26. The van der Waals surface area contributed by atoms with Crippen molar-refractivity contribution in [2.24, 2.45) is 0 Å². The summed E-state index contributed by atoms with van der Waals surface area (Å²) in [6.07, 6.45) is 1.88. The van der Waals surface area contributed by atoms with Gasteiger partial charge in [-0.1, -0.05) is 26.0 Å². The minimum Gasteiger partial charge on any atom is -0.287 e. The highest BCUT2D eigenvalue weighted by Crippen LogP contribution is 2.43. The first kappa shape index (κ1) is 18.9. The zero-order chi connectivity index (χ0) is 21.2. The van der Waals surface area contributed by atoms with E-state index in [2.05, 4.69) is 41.1 Å². The second-order valence-electron chi connectivity index (χ2n) is 9.37. The number of benzene rings is 2. The Kier molecular flexibility index (Phi) is 4.17. The number of H-pyrrole nitrogens is 1. The van der Waals surface area contributed by atoms with E-state index >= 15 is 0 Å². The molecule has 3 fully saturated rings. The zero-order valence-corrected chi connectivity index (χ0v) is 18.0. The topological polar surface area (TPSA) is 44.8 Å². The van der Waals surface area contributed by atoms with Crippen molar-refractivity contribution in [2.45, 2.75) is 19.8 Å². The van der Waals surface area contributed by atoms with Crippen LogP contribution in [-0.2, 0) is 0 Å². The van der Waals surface area contributed by atoms with Crippen LogP contribution in [0.25, 0.3) is 32.8 Å². The number of nitrogens with zero attached hydrogens (tertiary/aromatic N) is 4. The minimum absolute atomic E-state index is 0.217. The summed E-state index contributed by atoms with van der Waals surface area (Å²) >= 11 is 0. The number of pyridine rings is 1. The molecular formula is C25H27FN5+. The van der Waals surface area contributed by atoms with Gasteiger partial charge in [-0.25, -0.2) is 4.39 Å². The Morgan fingerprint density at radius 1 is 1.00 bits per heavy atom. The number of aromatic amines is 1. The number of aromatic nitrogens is 3. The summed E-state index contributed by atoms with van der Waals surface area (Å²) in [6.45, 7) is 11.1. The van der Waals surface area contributed by atoms with Crippen molar-refractivity contribution in [3.8, 4) is 11.1 Å². The molecule has 158 valence electrons. The lowest BCUT2D eigenvalue weighted by Crippen LogP contribution is -2.68. The second kappa shape index (κ2) is 6.84. The maximum Gasteiger partial charge on any atom is 0.236 e. The number of fused-ring (bicyclic) bond motifs is 5. The number of hydrogen-bond donors (Lipinski definition) is 1. The van der Waals surface area contributed by atoms with E-state index in [1.54, 1.807) is 12.1 Å². The lowest BCUT2D eigenvalue weighted by molar-refractivity contribution is 0.0665. The Morgan fingerprint density at radius 2 is 1.71 bits per heavy atom. The van der Waals surface area contributed by atoms with Gasteiger partial charge >= 0.3 is 0 Å². The molecule has 3 saturated heterocycles. The molecule has 2 aromatic heterocycles. The summed E-state index contributed by atoms with van der Waals surface area (Å²) < 4.78 is 14.7. The number of rotatable bonds is 3. The van der Waals surface area contributed by atoms with Gasteiger partial charge in [0.05, 0.1) is 42.4 Å². The van der Waals surface area contributed by atoms with E-state index in [-0.39, 0.29) is 11.7 Å². The summed E-state index contributed by atoms with van der Waals surface area (Å²) in [6, 6.07) is 11.3. The number of nitrogens with one attached hydrogen (secondary N) is 1. The van der Waals surface area contributed by atoms with Gasteiger partial charge in [-0.15, -0.1) is 0 Å². The van der Waals surface area contributed by atoms with Crippen LogP contribution in [0.15, 0.2) is 42.6 Å². The fourth-order valence-corrected chi connectivity index (χ4v) is 5.44. The van der Waals surface area contributed by atoms with Crippen LogP contribution in [0.5, 0.6) is 0 Å². The van der Waals surface area contributed by atoms with Crippen LogP contribution >= 0.6 is 0 Å². The maximum atomic E-state index is 13.7. The first-order valence-corrected chi connectivity index (χ1v) is 11.2. The monoisotopic (exact) mass is 416 g/mol. The molecular weight excluding hydrogens is 389 g/mol. The summed E-state index contributed by atoms with van der Waals surface area (Å²) in [5.41, 5.74) is 4.26. The summed E-state index contributed by atoms with van der Waals surface area (Å²) in [4.78, 5) is 7.97. The fourth-order valence-electron chi connectivity index (χ4n) is 5.44. The Balaban J connectivity index is 1.72. The predicted molar refractivity (Wildman–Crippen MR) is 124 cm³/mol. The molecule has 5 heterocycles. The molecule has 7 rings (SSSR count). The van der Waals surface area contributed by atoms with Crippen LogP contribution in [0, 0.1) is 5.82 Å². The SMILES string of the molecule is CC(C)c1nc([N+]23CCN(CC2)CC3)c2cc3[nH]ncc3cc2c1-c1ccc(F)cc1. The third-order valence-corrected chi connectivity index (χ3v) is 7.23. The molecule has 2 bridgehead atoms. The standard InChI is InChI=1S/C25H27FN5/c1-16(2)24-23(17-3-5-19(26)6-4-17)20-13-18-15-27-29-22(18)14-21(20)25(28-24)31-10-7-30(8-11-31)9-12-31/h3-6,13-16H,7-12H2,1-2H3,(H,27,29)/q+1. The molecule has 0 atom stereocenters. The van der Waals surface area contributed by atoms with Crippen LogP contribution < -0.4 is 4.48 Å². The summed E-state index contributed by atoms with van der Waals surface area (Å²) in [7, 11) is 0. The van der Waals surface area contributed by atoms with Crippen molar-refractivity contribution in [3.63, 3.8) is 0 Å². The van der Waals surface area contributed by atoms with Gasteiger partial charge in [0.2, 0.25) is 5.82 Å². The van der Waals surface area contributed by atoms with Gasteiger partial charge in [-0.2, -0.15) is 10.1 Å². The van der Waals surface area contributed by atoms with E-state index in [0.29, 0.717) is 0 Å². The summed E-state index contributed by atoms with van der Waals surface area (Å²) in [5.74, 6) is 1.23. The third-order valence-electron chi connectivity index (χ3n) is 7.23. The van der Waals surface area contributed by atoms with Crippen LogP contribution in [-0.4, -0.2) is 59.3 Å². The number of hydrogen-bond acceptors (Lipinski definition) is 3. The summed E-state index contributed by atoms with van der Waals surface area (Å²) in [5, 5.41) is 10.9. The van der Waals surface area contributed by atoms with Crippen LogP contribution in [0.3, 0.4) is 0 Å². The molecule has 4 aromatic rings. The highest BCUT2D eigenvalue weighted by atomic mass is 19.1. The average molecular weight is 417 g/mol. The Morgan fingerprint density at radius 3 is 2.39 bits per heavy atom. The second-order valence-corrected chi connectivity index (χ2v) is 9.37. The first-order chi connectivity index (χ1) is 15.0. The normalized spacial score (nSPS) is 23.3. The minimum atomic E-state index is -0.217. The maximum absolute atomic E-state index is 13.7. The van der Waals surface area contributed by atoms with Gasteiger partial charge in [-0.3, -0.25) is 14.5 Å². The van der Waals surface area contributed by atoms with Crippen molar-refractivity contribution in [2.75, 3.05) is 39.3 Å². The number of halogens is 1. The molecule has 0 spiro atoms. The van der Waals surface area contributed by atoms with Crippen LogP contribution in [0.1, 0.15) is 25.5 Å². The third kappa shape index (κ3) is 2.89. The molecule has 3 aliphatic heterocycles. The lowest BCUT2D eigenvalue weighted by atomic mass is 9.91. The van der Waals surface area contributed by atoms with E-state index in [0.717, 1.165) is 71.5 Å². The molecule has 3 aliphatic rings. The van der Waals surface area contributed by atoms with Gasteiger partial charge in [0.15, 0.2) is 0 Å². The molecule has 1 N–H and O–H groups in total. The smallest absolute Gasteiger partial charge is 0.236 e. The van der Waals surface area contributed by atoms with Crippen LogP contribution in [0.2, 0.25) is 0 Å². The number of piperazine rings is 3. The first-order valence-electron chi connectivity index (χ1n) is 11.2. The molecule has 2 aromatic carbocycles. The van der Waals surface area contributed by atoms with E-state index in [9.17, 15) is 4.39 Å². The van der Waals surface area contributed by atoms with Gasteiger partial charge < -0.3 is 0 Å². The van der Waals surface area contributed by atoms with Gasteiger partial charge in [0.25, 0.3) is 0 Å². The van der Waals surface area contributed by atoms with Crippen molar-refractivity contribution < 1.29 is 4.39 Å². The van der Waals surface area contributed by atoms with E-state index in [1.807, 2.05) is 18.3 Å². The molecule has 0 aliphatic carbocycles. The van der Waals surface area contributed by atoms with Crippen molar-refractivity contribution >= 4 is 27.5 Å². The van der Waals surface area contributed by atoms with E-state index in [4.69, 9.17) is 4.98 Å². The number of quaternary nitrogens is 1. The molecule has 31 heavy (non-hydrogen) atoms. The Hall–Kier alpha value is -2.83. The molecule has 0 radical (unpaired) electrons. The Labute approximate surface area is 181 Å². The lowest BCUT2D eigenvalue weighted by Gasteiger charge is -2.49. The predicted octanol–water partition coefficient (Wildman–Crippen LogP) is 4.68. The molecule has 0 saturated carbocycles. The molecule has 5 nitrogen and oxygen atoms in total. The van der Waals surface area contributed by atoms with Crippen molar-refractivity contribution in [3.05, 3.63) is 54.1 Å².